The van der Waals surface area contributed by atoms with Crippen molar-refractivity contribution in [2.24, 2.45) is 0 Å². The van der Waals surface area contributed by atoms with Crippen LogP contribution in [0.25, 0.3) is 0 Å². The Kier molecular flexibility index (Phi) is 5.64. The summed E-state index contributed by atoms with van der Waals surface area (Å²) in [7, 11) is 1.71. The van der Waals surface area contributed by atoms with Gasteiger partial charge in [0.25, 0.3) is 0 Å². The number of hydrogen-bond acceptors (Lipinski definition) is 3. The number of hydrogen-bond donors (Lipinski definition) is 2. The SMILES string of the molecule is COc1ccccc1CC(C)NCCc1ccc(O)cc1. The van der Waals surface area contributed by atoms with Gasteiger partial charge in [-0.3, -0.25) is 0 Å². The van der Waals surface area contributed by atoms with Crippen molar-refractivity contribution < 1.29 is 9.84 Å². The Morgan fingerprint density at radius 3 is 2.52 bits per heavy atom. The zero-order valence-electron chi connectivity index (χ0n) is 12.7. The minimum atomic E-state index is 0.316. The molecule has 0 heterocycles. The van der Waals surface area contributed by atoms with Crippen molar-refractivity contribution in [1.82, 2.24) is 5.32 Å². The van der Waals surface area contributed by atoms with Gasteiger partial charge in [0, 0.05) is 6.04 Å². The lowest BCUT2D eigenvalue weighted by atomic mass is 10.1. The first-order valence-electron chi connectivity index (χ1n) is 7.32. The van der Waals surface area contributed by atoms with E-state index >= 15 is 0 Å². The van der Waals surface area contributed by atoms with Gasteiger partial charge in [-0.15, -0.1) is 0 Å². The van der Waals surface area contributed by atoms with Crippen LogP contribution in [-0.2, 0) is 12.8 Å². The second kappa shape index (κ2) is 7.70. The van der Waals surface area contributed by atoms with Gasteiger partial charge < -0.3 is 15.2 Å². The Labute approximate surface area is 126 Å². The molecule has 0 fully saturated rings. The van der Waals surface area contributed by atoms with E-state index in [9.17, 15) is 5.11 Å². The second-order valence-electron chi connectivity index (χ2n) is 5.29. The van der Waals surface area contributed by atoms with Crippen LogP contribution >= 0.6 is 0 Å². The summed E-state index contributed by atoms with van der Waals surface area (Å²) < 4.78 is 5.38. The number of ether oxygens (including phenoxy) is 1. The highest BCUT2D eigenvalue weighted by molar-refractivity contribution is 5.33. The molecule has 2 aromatic carbocycles. The quantitative estimate of drug-likeness (QED) is 0.821. The number of rotatable bonds is 7. The molecule has 0 aliphatic rings. The third-order valence-corrected chi connectivity index (χ3v) is 3.56. The van der Waals surface area contributed by atoms with E-state index in [2.05, 4.69) is 18.3 Å². The van der Waals surface area contributed by atoms with Crippen LogP contribution in [0.4, 0.5) is 0 Å². The van der Waals surface area contributed by atoms with Crippen molar-refractivity contribution in [2.75, 3.05) is 13.7 Å². The van der Waals surface area contributed by atoms with Gasteiger partial charge in [0.05, 0.1) is 7.11 Å². The average Bonchev–Trinajstić information content (AvgIpc) is 2.50. The predicted octanol–water partition coefficient (Wildman–Crippen LogP) is 3.16. The molecular formula is C18H23NO2. The van der Waals surface area contributed by atoms with Gasteiger partial charge in [-0.2, -0.15) is 0 Å². The summed E-state index contributed by atoms with van der Waals surface area (Å²) in [5.74, 6) is 1.26. The second-order valence-corrected chi connectivity index (χ2v) is 5.29. The molecule has 2 N–H and O–H groups in total. The van der Waals surface area contributed by atoms with E-state index in [1.54, 1.807) is 19.2 Å². The van der Waals surface area contributed by atoms with Crippen molar-refractivity contribution in [3.63, 3.8) is 0 Å². The molecule has 1 unspecified atom stereocenters. The summed E-state index contributed by atoms with van der Waals surface area (Å²) >= 11 is 0. The minimum Gasteiger partial charge on any atom is -0.508 e. The van der Waals surface area contributed by atoms with Crippen molar-refractivity contribution >= 4 is 0 Å². The fraction of sp³-hybridized carbons (Fsp3) is 0.333. The lowest BCUT2D eigenvalue weighted by Crippen LogP contribution is -2.30. The molecule has 2 aromatic rings. The highest BCUT2D eigenvalue weighted by Gasteiger charge is 2.07. The largest absolute Gasteiger partial charge is 0.508 e. The van der Waals surface area contributed by atoms with Crippen LogP contribution in [0.2, 0.25) is 0 Å². The molecular weight excluding hydrogens is 262 g/mol. The lowest BCUT2D eigenvalue weighted by Gasteiger charge is -2.16. The van der Waals surface area contributed by atoms with E-state index in [0.29, 0.717) is 11.8 Å². The van der Waals surface area contributed by atoms with Crippen LogP contribution in [0.5, 0.6) is 11.5 Å². The molecule has 0 saturated heterocycles. The minimum absolute atomic E-state index is 0.316. The van der Waals surface area contributed by atoms with Crippen molar-refractivity contribution in [2.45, 2.75) is 25.8 Å². The summed E-state index contributed by atoms with van der Waals surface area (Å²) in [6, 6.07) is 15.9. The molecule has 0 bridgehead atoms. The number of nitrogens with one attached hydrogen (secondary N) is 1. The fourth-order valence-corrected chi connectivity index (χ4v) is 2.40. The topological polar surface area (TPSA) is 41.5 Å². The van der Waals surface area contributed by atoms with E-state index in [0.717, 1.165) is 25.1 Å². The van der Waals surface area contributed by atoms with Gasteiger partial charge >= 0.3 is 0 Å². The van der Waals surface area contributed by atoms with E-state index in [4.69, 9.17) is 4.74 Å². The van der Waals surface area contributed by atoms with E-state index in [1.165, 1.54) is 11.1 Å². The number of phenols is 1. The molecule has 3 nitrogen and oxygen atoms in total. The lowest BCUT2D eigenvalue weighted by molar-refractivity contribution is 0.406. The maximum Gasteiger partial charge on any atom is 0.122 e. The monoisotopic (exact) mass is 285 g/mol. The van der Waals surface area contributed by atoms with Crippen LogP contribution in [0.15, 0.2) is 48.5 Å². The number of methoxy groups -OCH3 is 1. The molecule has 0 aromatic heterocycles. The van der Waals surface area contributed by atoms with Gasteiger partial charge in [0.1, 0.15) is 11.5 Å². The highest BCUT2D eigenvalue weighted by atomic mass is 16.5. The molecule has 1 atom stereocenters. The Bertz CT molecular complexity index is 551. The molecule has 0 amide bonds. The third-order valence-electron chi connectivity index (χ3n) is 3.56. The molecule has 0 saturated carbocycles. The van der Waals surface area contributed by atoms with Gasteiger partial charge in [-0.1, -0.05) is 30.3 Å². The van der Waals surface area contributed by atoms with E-state index in [1.807, 2.05) is 30.3 Å². The molecule has 0 aliphatic carbocycles. The van der Waals surface area contributed by atoms with Crippen LogP contribution < -0.4 is 10.1 Å². The predicted molar refractivity (Wildman–Crippen MR) is 86.0 cm³/mol. The molecule has 2 rings (SSSR count). The molecule has 0 aliphatic heterocycles. The first-order chi connectivity index (χ1) is 10.2. The average molecular weight is 285 g/mol. The van der Waals surface area contributed by atoms with E-state index < -0.39 is 0 Å². The van der Waals surface area contributed by atoms with E-state index in [-0.39, 0.29) is 0 Å². The number of phenolic OH excluding ortho intramolecular Hbond substituents is 1. The molecule has 21 heavy (non-hydrogen) atoms. The first kappa shape index (κ1) is 15.4. The highest BCUT2D eigenvalue weighted by Crippen LogP contribution is 2.18. The van der Waals surface area contributed by atoms with Crippen LogP contribution in [-0.4, -0.2) is 24.8 Å². The third kappa shape index (κ3) is 4.80. The van der Waals surface area contributed by atoms with Crippen LogP contribution in [0.1, 0.15) is 18.1 Å². The molecule has 3 heteroatoms. The zero-order chi connectivity index (χ0) is 15.1. The summed E-state index contributed by atoms with van der Waals surface area (Å²) in [6.07, 6.45) is 1.90. The number of aromatic hydroxyl groups is 1. The molecule has 112 valence electrons. The first-order valence-corrected chi connectivity index (χ1v) is 7.32. The van der Waals surface area contributed by atoms with Crippen molar-refractivity contribution in [3.05, 3.63) is 59.7 Å². The number of benzene rings is 2. The Morgan fingerprint density at radius 1 is 1.10 bits per heavy atom. The standard InChI is InChI=1S/C18H23NO2/c1-14(13-16-5-3-4-6-18(16)21-2)19-12-11-15-7-9-17(20)10-8-15/h3-10,14,19-20H,11-13H2,1-2H3. The normalized spacial score (nSPS) is 12.1. The Balaban J connectivity index is 1.79. The smallest absolute Gasteiger partial charge is 0.122 e. The van der Waals surface area contributed by atoms with Gasteiger partial charge in [0.2, 0.25) is 0 Å². The van der Waals surface area contributed by atoms with Crippen molar-refractivity contribution in [1.29, 1.82) is 0 Å². The van der Waals surface area contributed by atoms with Crippen LogP contribution in [0, 0.1) is 0 Å². The zero-order valence-corrected chi connectivity index (χ0v) is 12.7. The van der Waals surface area contributed by atoms with Crippen molar-refractivity contribution in [3.8, 4) is 11.5 Å². The maximum atomic E-state index is 9.26. The summed E-state index contributed by atoms with van der Waals surface area (Å²) in [4.78, 5) is 0. The number of para-hydroxylation sites is 1. The van der Waals surface area contributed by atoms with Gasteiger partial charge in [0.15, 0.2) is 0 Å². The molecule has 0 radical (unpaired) electrons. The summed E-state index contributed by atoms with van der Waals surface area (Å²) in [5, 5.41) is 12.8. The summed E-state index contributed by atoms with van der Waals surface area (Å²) in [5.41, 5.74) is 2.45. The fourth-order valence-electron chi connectivity index (χ4n) is 2.40. The van der Waals surface area contributed by atoms with Crippen LogP contribution in [0.3, 0.4) is 0 Å². The van der Waals surface area contributed by atoms with Gasteiger partial charge in [-0.25, -0.2) is 0 Å². The van der Waals surface area contributed by atoms with Gasteiger partial charge in [-0.05, 0) is 55.6 Å². The maximum absolute atomic E-state index is 9.26. The Morgan fingerprint density at radius 2 is 1.81 bits per heavy atom. The molecule has 0 spiro atoms. The Hall–Kier alpha value is -2.00. The summed E-state index contributed by atoms with van der Waals surface area (Å²) in [6.45, 7) is 3.10.